The molecule has 5 rings (SSSR count). The van der Waals surface area contributed by atoms with Crippen LogP contribution in [0.2, 0.25) is 0 Å². The van der Waals surface area contributed by atoms with E-state index in [0.29, 0.717) is 28.9 Å². The molecule has 0 saturated carbocycles. The van der Waals surface area contributed by atoms with Crippen molar-refractivity contribution in [2.24, 2.45) is 0 Å². The number of benzene rings is 4. The van der Waals surface area contributed by atoms with Crippen LogP contribution in [0, 0.1) is 22.7 Å². The van der Waals surface area contributed by atoms with E-state index in [9.17, 15) is 10.5 Å². The van der Waals surface area contributed by atoms with Gasteiger partial charge in [0.25, 0.3) is 0 Å². The van der Waals surface area contributed by atoms with Crippen molar-refractivity contribution in [1.82, 2.24) is 0 Å². The van der Waals surface area contributed by atoms with E-state index in [0.717, 1.165) is 17.1 Å². The lowest BCUT2D eigenvalue weighted by atomic mass is 9.33. The summed E-state index contributed by atoms with van der Waals surface area (Å²) < 4.78 is 0. The molecule has 0 fully saturated rings. The molecule has 0 aromatic heterocycles. The van der Waals surface area contributed by atoms with Crippen LogP contribution in [0.1, 0.15) is 87.1 Å². The summed E-state index contributed by atoms with van der Waals surface area (Å²) in [6.07, 6.45) is 0. The third-order valence-electron chi connectivity index (χ3n) is 7.88. The van der Waals surface area contributed by atoms with E-state index < -0.39 is 0 Å². The predicted octanol–water partition coefficient (Wildman–Crippen LogP) is 7.10. The summed E-state index contributed by atoms with van der Waals surface area (Å²) in [4.78, 5) is 2.22. The molecule has 4 heteroatoms. The number of hydrogen-bond donors (Lipinski definition) is 0. The van der Waals surface area contributed by atoms with Crippen LogP contribution in [0.5, 0.6) is 0 Å². The van der Waals surface area contributed by atoms with E-state index >= 15 is 0 Å². The second-order valence-electron chi connectivity index (χ2n) is 11.5. The van der Waals surface area contributed by atoms with Gasteiger partial charge in [0, 0.05) is 17.1 Å². The first-order valence-electron chi connectivity index (χ1n) is 13.9. The number of rotatable bonds is 5. The predicted molar refractivity (Wildman–Crippen MR) is 164 cm³/mol. The van der Waals surface area contributed by atoms with E-state index in [1.807, 2.05) is 12.1 Å². The smallest absolute Gasteiger partial charge is 0.247 e. The lowest BCUT2D eigenvalue weighted by Crippen LogP contribution is -2.59. The normalized spacial score (nSPS) is 12.4. The minimum absolute atomic E-state index is 0.0687. The number of para-hydroxylation sites is 2. The number of nitrogens with zero attached hydrogens (tertiary/aromatic N) is 3. The Bertz CT molecular complexity index is 1530. The molecule has 39 heavy (non-hydrogen) atoms. The van der Waals surface area contributed by atoms with E-state index in [1.54, 1.807) is 6.07 Å². The van der Waals surface area contributed by atoms with Crippen molar-refractivity contribution in [3.8, 4) is 12.1 Å². The highest BCUT2D eigenvalue weighted by atomic mass is 15.1. The standard InChI is InChI=1S/C35H34BN3/c1-22(2)27-18-29(23(3)4)35(30(19-27)24(5)6)36-31-11-7-9-13-33(31)39(34-14-10-8-12-32(34)36)28-16-25(20-37)15-26(17-28)21-38/h7-19,22-24H,1-6H3. The average molecular weight is 507 g/mol. The molecule has 4 aromatic rings. The lowest BCUT2D eigenvalue weighted by molar-refractivity contribution is 0.812. The van der Waals surface area contributed by atoms with Crippen molar-refractivity contribution >= 4 is 40.2 Å². The summed E-state index contributed by atoms with van der Waals surface area (Å²) >= 11 is 0. The van der Waals surface area contributed by atoms with Gasteiger partial charge in [-0.1, -0.05) is 95.5 Å². The highest BCUT2D eigenvalue weighted by molar-refractivity contribution is 6.98. The van der Waals surface area contributed by atoms with Crippen LogP contribution in [0.4, 0.5) is 17.1 Å². The molecule has 1 aliphatic heterocycles. The van der Waals surface area contributed by atoms with Crippen molar-refractivity contribution in [2.75, 3.05) is 4.90 Å². The summed E-state index contributed by atoms with van der Waals surface area (Å²) in [6.45, 7) is 13.8. The molecule has 0 radical (unpaired) electrons. The topological polar surface area (TPSA) is 50.8 Å². The van der Waals surface area contributed by atoms with Crippen molar-refractivity contribution in [2.45, 2.75) is 59.3 Å². The molecule has 0 atom stereocenters. The van der Waals surface area contributed by atoms with E-state index in [1.165, 1.54) is 33.1 Å². The summed E-state index contributed by atoms with van der Waals surface area (Å²) in [7, 11) is 0. The van der Waals surface area contributed by atoms with Crippen LogP contribution in [-0.4, -0.2) is 6.71 Å². The molecule has 1 heterocycles. The van der Waals surface area contributed by atoms with Gasteiger partial charge < -0.3 is 4.90 Å². The third kappa shape index (κ3) is 4.62. The van der Waals surface area contributed by atoms with Gasteiger partial charge in [-0.25, -0.2) is 0 Å². The van der Waals surface area contributed by atoms with Gasteiger partial charge >= 0.3 is 0 Å². The van der Waals surface area contributed by atoms with Crippen molar-refractivity contribution in [3.05, 3.63) is 107 Å². The maximum Gasteiger partial charge on any atom is 0.247 e. The largest absolute Gasteiger partial charge is 0.311 e. The minimum Gasteiger partial charge on any atom is -0.311 e. The van der Waals surface area contributed by atoms with Crippen molar-refractivity contribution < 1.29 is 0 Å². The molecule has 3 nitrogen and oxygen atoms in total. The van der Waals surface area contributed by atoms with Gasteiger partial charge in [-0.3, -0.25) is 0 Å². The molecular weight excluding hydrogens is 473 g/mol. The Morgan fingerprint density at radius 1 is 0.615 bits per heavy atom. The van der Waals surface area contributed by atoms with Crippen LogP contribution in [0.25, 0.3) is 0 Å². The molecule has 1 aliphatic rings. The summed E-state index contributed by atoms with van der Waals surface area (Å²) in [5.74, 6) is 1.20. The Hall–Kier alpha value is -4.28. The zero-order valence-electron chi connectivity index (χ0n) is 23.7. The summed E-state index contributed by atoms with van der Waals surface area (Å²) in [5.41, 5.74) is 12.0. The average Bonchev–Trinajstić information content (AvgIpc) is 2.94. The zero-order valence-corrected chi connectivity index (χ0v) is 23.7. The number of fused-ring (bicyclic) bond motifs is 2. The molecule has 0 N–H and O–H groups in total. The molecular formula is C35H34BN3. The molecule has 0 bridgehead atoms. The highest BCUT2D eigenvalue weighted by Gasteiger charge is 2.38. The minimum atomic E-state index is 0.0687. The number of anilines is 3. The molecule has 0 saturated heterocycles. The Balaban J connectivity index is 1.85. The van der Waals surface area contributed by atoms with Crippen LogP contribution >= 0.6 is 0 Å². The second kappa shape index (κ2) is 10.5. The monoisotopic (exact) mass is 507 g/mol. The first kappa shape index (κ1) is 26.3. The first-order chi connectivity index (χ1) is 18.7. The Morgan fingerprint density at radius 3 is 1.49 bits per heavy atom. The molecule has 0 amide bonds. The third-order valence-corrected chi connectivity index (χ3v) is 7.88. The van der Waals surface area contributed by atoms with Gasteiger partial charge in [-0.15, -0.1) is 0 Å². The number of hydrogen-bond acceptors (Lipinski definition) is 3. The first-order valence-corrected chi connectivity index (χ1v) is 13.9. The summed E-state index contributed by atoms with van der Waals surface area (Å²) in [6, 6.07) is 32.0. The molecule has 0 aliphatic carbocycles. The Morgan fingerprint density at radius 2 is 1.08 bits per heavy atom. The van der Waals surface area contributed by atoms with Gasteiger partial charge in [0.15, 0.2) is 0 Å². The summed E-state index contributed by atoms with van der Waals surface area (Å²) in [5, 5.41) is 19.4. The van der Waals surface area contributed by atoms with Gasteiger partial charge in [0.05, 0.1) is 23.3 Å². The van der Waals surface area contributed by atoms with E-state index in [2.05, 4.69) is 119 Å². The molecule has 192 valence electrons. The fourth-order valence-electron chi connectivity index (χ4n) is 5.97. The fourth-order valence-corrected chi connectivity index (χ4v) is 5.97. The van der Waals surface area contributed by atoms with Gasteiger partial charge in [-0.05, 0) is 75.7 Å². The van der Waals surface area contributed by atoms with Crippen molar-refractivity contribution in [1.29, 1.82) is 10.5 Å². The van der Waals surface area contributed by atoms with Crippen LogP contribution in [0.3, 0.4) is 0 Å². The van der Waals surface area contributed by atoms with E-state index in [-0.39, 0.29) is 6.71 Å². The highest BCUT2D eigenvalue weighted by Crippen LogP contribution is 2.37. The van der Waals surface area contributed by atoms with Gasteiger partial charge in [-0.2, -0.15) is 10.5 Å². The van der Waals surface area contributed by atoms with Gasteiger partial charge in [0.1, 0.15) is 0 Å². The van der Waals surface area contributed by atoms with Crippen molar-refractivity contribution in [3.63, 3.8) is 0 Å². The maximum atomic E-state index is 9.71. The van der Waals surface area contributed by atoms with Crippen LogP contribution in [-0.2, 0) is 0 Å². The SMILES string of the molecule is CC(C)c1cc(C(C)C)c(B2c3ccccc3N(c3cc(C#N)cc(C#N)c3)c3ccccc32)c(C(C)C)c1. The maximum absolute atomic E-state index is 9.71. The zero-order chi connectivity index (χ0) is 27.8. The van der Waals surface area contributed by atoms with Crippen LogP contribution in [0.15, 0.2) is 78.9 Å². The lowest BCUT2D eigenvalue weighted by Gasteiger charge is -2.39. The van der Waals surface area contributed by atoms with E-state index in [4.69, 9.17) is 0 Å². The quantitative estimate of drug-likeness (QED) is 0.239. The molecule has 0 spiro atoms. The Kier molecular flexibility index (Phi) is 7.07. The number of nitriles is 2. The molecule has 0 unspecified atom stereocenters. The fraction of sp³-hybridized carbons (Fsp3) is 0.257. The Labute approximate surface area is 233 Å². The van der Waals surface area contributed by atoms with Crippen LogP contribution < -0.4 is 21.3 Å². The second-order valence-corrected chi connectivity index (χ2v) is 11.5. The van der Waals surface area contributed by atoms with Gasteiger partial charge in [0.2, 0.25) is 6.71 Å². The molecule has 4 aromatic carbocycles.